The van der Waals surface area contributed by atoms with Crippen LogP contribution in [0.4, 0.5) is 0 Å². The molecule has 1 aromatic rings. The number of hydrogen-bond acceptors (Lipinski definition) is 3. The van der Waals surface area contributed by atoms with Gasteiger partial charge in [-0.3, -0.25) is 4.98 Å². The van der Waals surface area contributed by atoms with Gasteiger partial charge in [0.15, 0.2) is 5.96 Å². The summed E-state index contributed by atoms with van der Waals surface area (Å²) in [6.07, 6.45) is 7.36. The molecule has 0 bridgehead atoms. The Morgan fingerprint density at radius 3 is 2.68 bits per heavy atom. The quantitative estimate of drug-likeness (QED) is 0.425. The first-order valence-electron chi connectivity index (χ1n) is 9.11. The minimum atomic E-state index is 0. The topological polar surface area (TPSA) is 49.8 Å². The highest BCUT2D eigenvalue weighted by atomic mass is 127. The monoisotopic (exact) mass is 458 g/mol. The molecule has 6 heteroatoms. The van der Waals surface area contributed by atoms with Crippen LogP contribution < -0.4 is 10.1 Å². The third-order valence-electron chi connectivity index (χ3n) is 5.62. The summed E-state index contributed by atoms with van der Waals surface area (Å²) in [5.41, 5.74) is 3.73. The molecule has 1 saturated heterocycles. The maximum atomic E-state index is 5.51. The fraction of sp³-hybridized carbons (Fsp3) is 0.684. The molecule has 1 N–H and O–H groups in total. The lowest BCUT2D eigenvalue weighted by molar-refractivity contribution is 0.151. The smallest absolute Gasteiger partial charge is 0.194 e. The molecule has 0 aromatic carbocycles. The summed E-state index contributed by atoms with van der Waals surface area (Å²) < 4.78 is 5.51. The third-order valence-corrected chi connectivity index (χ3v) is 5.62. The molecule has 2 fully saturated rings. The molecule has 0 radical (unpaired) electrons. The molecule has 1 spiro atoms. The van der Waals surface area contributed by atoms with E-state index in [1.165, 1.54) is 25.7 Å². The summed E-state index contributed by atoms with van der Waals surface area (Å²) >= 11 is 0. The number of aliphatic imine (C=N–C) groups is 1. The highest BCUT2D eigenvalue weighted by molar-refractivity contribution is 14.0. The average molecular weight is 458 g/mol. The van der Waals surface area contributed by atoms with E-state index in [4.69, 9.17) is 9.73 Å². The van der Waals surface area contributed by atoms with E-state index in [9.17, 15) is 0 Å². The van der Waals surface area contributed by atoms with Crippen molar-refractivity contribution in [3.8, 4) is 5.75 Å². The van der Waals surface area contributed by atoms with Crippen molar-refractivity contribution in [3.05, 3.63) is 23.0 Å². The number of guanidine groups is 1. The lowest BCUT2D eigenvalue weighted by Gasteiger charge is -2.38. The summed E-state index contributed by atoms with van der Waals surface area (Å²) in [7, 11) is 1.72. The molecule has 140 valence electrons. The molecule has 1 aliphatic carbocycles. The van der Waals surface area contributed by atoms with Crippen LogP contribution in [0.5, 0.6) is 5.75 Å². The lowest BCUT2D eigenvalue weighted by Crippen LogP contribution is -2.42. The maximum Gasteiger partial charge on any atom is 0.194 e. The number of aryl methyl sites for hydroxylation is 1. The summed E-state index contributed by atoms with van der Waals surface area (Å²) in [6, 6.07) is 0. The second-order valence-corrected chi connectivity index (χ2v) is 7.24. The van der Waals surface area contributed by atoms with Crippen molar-refractivity contribution in [1.82, 2.24) is 15.2 Å². The minimum absolute atomic E-state index is 0. The van der Waals surface area contributed by atoms with Crippen LogP contribution in [0.3, 0.4) is 0 Å². The van der Waals surface area contributed by atoms with Crippen LogP contribution >= 0.6 is 24.0 Å². The second kappa shape index (κ2) is 8.56. The van der Waals surface area contributed by atoms with Gasteiger partial charge in [0.25, 0.3) is 0 Å². The summed E-state index contributed by atoms with van der Waals surface area (Å²) in [5.74, 6) is 1.96. The Morgan fingerprint density at radius 1 is 1.36 bits per heavy atom. The van der Waals surface area contributed by atoms with Crippen LogP contribution in [0.15, 0.2) is 11.2 Å². The van der Waals surface area contributed by atoms with Gasteiger partial charge in [-0.2, -0.15) is 0 Å². The van der Waals surface area contributed by atoms with Gasteiger partial charge >= 0.3 is 0 Å². The van der Waals surface area contributed by atoms with E-state index in [1.807, 2.05) is 13.1 Å². The fourth-order valence-electron chi connectivity index (χ4n) is 4.01. The van der Waals surface area contributed by atoms with Gasteiger partial charge in [-0.05, 0) is 45.4 Å². The molecular weight excluding hydrogens is 427 g/mol. The number of ether oxygens (including phenoxy) is 1. The first-order chi connectivity index (χ1) is 11.6. The Kier molecular flexibility index (Phi) is 6.93. The van der Waals surface area contributed by atoms with Gasteiger partial charge in [0.1, 0.15) is 5.75 Å². The summed E-state index contributed by atoms with van der Waals surface area (Å²) in [6.45, 7) is 9.98. The SMILES string of the molecule is CCNC(=NCc1ncc(C)c(OC)c1C)N1CCC2(CCC2)C1.I. The van der Waals surface area contributed by atoms with Gasteiger partial charge in [-0.15, -0.1) is 24.0 Å². The maximum absolute atomic E-state index is 5.51. The zero-order valence-corrected chi connectivity index (χ0v) is 18.2. The summed E-state index contributed by atoms with van der Waals surface area (Å²) in [5, 5.41) is 3.46. The molecular formula is C19H31IN4O. The van der Waals surface area contributed by atoms with Crippen LogP contribution in [-0.2, 0) is 6.54 Å². The van der Waals surface area contributed by atoms with Crippen LogP contribution in [0.25, 0.3) is 0 Å². The molecule has 25 heavy (non-hydrogen) atoms. The minimum Gasteiger partial charge on any atom is -0.496 e. The highest BCUT2D eigenvalue weighted by Gasteiger charge is 2.43. The Morgan fingerprint density at radius 2 is 2.12 bits per heavy atom. The van der Waals surface area contributed by atoms with Crippen molar-refractivity contribution in [1.29, 1.82) is 0 Å². The molecule has 1 aromatic heterocycles. The number of hydrogen-bond donors (Lipinski definition) is 1. The number of methoxy groups -OCH3 is 1. The van der Waals surface area contributed by atoms with Crippen molar-refractivity contribution in [3.63, 3.8) is 0 Å². The number of nitrogens with zero attached hydrogens (tertiary/aromatic N) is 3. The lowest BCUT2D eigenvalue weighted by atomic mass is 9.68. The van der Waals surface area contributed by atoms with Gasteiger partial charge in [0.05, 0.1) is 19.3 Å². The van der Waals surface area contributed by atoms with E-state index in [0.717, 1.165) is 48.2 Å². The largest absolute Gasteiger partial charge is 0.496 e. The van der Waals surface area contributed by atoms with E-state index >= 15 is 0 Å². The van der Waals surface area contributed by atoms with Gasteiger partial charge < -0.3 is 15.0 Å². The first kappa shape index (κ1) is 20.3. The first-order valence-corrected chi connectivity index (χ1v) is 9.11. The molecule has 0 amide bonds. The molecule has 1 aliphatic heterocycles. The van der Waals surface area contributed by atoms with E-state index in [0.29, 0.717) is 12.0 Å². The Balaban J connectivity index is 0.00000225. The van der Waals surface area contributed by atoms with Crippen molar-refractivity contribution in [2.45, 2.75) is 53.0 Å². The molecule has 2 aliphatic rings. The van der Waals surface area contributed by atoms with Gasteiger partial charge in [0.2, 0.25) is 0 Å². The highest BCUT2D eigenvalue weighted by Crippen LogP contribution is 2.47. The number of nitrogens with one attached hydrogen (secondary N) is 1. The standard InChI is InChI=1S/C19H30N4O.HI/c1-5-20-18(23-10-9-19(13-23)7-6-8-19)22-12-16-15(3)17(24-4)14(2)11-21-16;/h11H,5-10,12-13H2,1-4H3,(H,20,22);1H. The van der Waals surface area contributed by atoms with Crippen LogP contribution in [0.2, 0.25) is 0 Å². The van der Waals surface area contributed by atoms with E-state index in [1.54, 1.807) is 7.11 Å². The molecule has 3 rings (SSSR count). The number of halogens is 1. The number of likely N-dealkylation sites (tertiary alicyclic amines) is 1. The van der Waals surface area contributed by atoms with Crippen LogP contribution in [-0.4, -0.2) is 42.6 Å². The van der Waals surface area contributed by atoms with Crippen molar-refractivity contribution < 1.29 is 4.74 Å². The predicted molar refractivity (Wildman–Crippen MR) is 113 cm³/mol. The molecule has 0 atom stereocenters. The van der Waals surface area contributed by atoms with E-state index in [2.05, 4.69) is 29.0 Å². The van der Waals surface area contributed by atoms with Crippen LogP contribution in [0.1, 0.15) is 49.4 Å². The Labute approximate surface area is 168 Å². The normalized spacial score (nSPS) is 18.7. The number of aromatic nitrogens is 1. The molecule has 1 saturated carbocycles. The summed E-state index contributed by atoms with van der Waals surface area (Å²) in [4.78, 5) is 11.9. The van der Waals surface area contributed by atoms with Crippen molar-refractivity contribution in [2.24, 2.45) is 10.4 Å². The molecule has 5 nitrogen and oxygen atoms in total. The van der Waals surface area contributed by atoms with Crippen molar-refractivity contribution >= 4 is 29.9 Å². The fourth-order valence-corrected chi connectivity index (χ4v) is 4.01. The molecule has 2 heterocycles. The molecule has 0 unspecified atom stereocenters. The Bertz CT molecular complexity index is 628. The zero-order chi connectivity index (χ0) is 17.2. The predicted octanol–water partition coefficient (Wildman–Crippen LogP) is 3.67. The third kappa shape index (κ3) is 4.20. The zero-order valence-electron chi connectivity index (χ0n) is 15.9. The van der Waals surface area contributed by atoms with E-state index < -0.39 is 0 Å². The van der Waals surface area contributed by atoms with Crippen molar-refractivity contribution in [2.75, 3.05) is 26.7 Å². The van der Waals surface area contributed by atoms with Gasteiger partial charge in [-0.1, -0.05) is 6.42 Å². The van der Waals surface area contributed by atoms with E-state index in [-0.39, 0.29) is 24.0 Å². The van der Waals surface area contributed by atoms with Gasteiger partial charge in [0, 0.05) is 37.0 Å². The van der Waals surface area contributed by atoms with Crippen LogP contribution in [0, 0.1) is 19.3 Å². The number of pyridine rings is 1. The van der Waals surface area contributed by atoms with Gasteiger partial charge in [-0.25, -0.2) is 4.99 Å². The average Bonchev–Trinajstić information content (AvgIpc) is 2.99. The number of rotatable bonds is 4. The second-order valence-electron chi connectivity index (χ2n) is 7.24. The Hall–Kier alpha value is -1.05.